The second-order valence-corrected chi connectivity index (χ2v) is 2.74. The summed E-state index contributed by atoms with van der Waals surface area (Å²) in [5, 5.41) is 9.12. The van der Waals surface area contributed by atoms with Crippen molar-refractivity contribution >= 4 is 17.6 Å². The molecule has 0 heterocycles. The Kier molecular flexibility index (Phi) is 5.54. The Morgan fingerprint density at radius 1 is 1.58 bits per heavy atom. The summed E-state index contributed by atoms with van der Waals surface area (Å²) >= 11 is 5.46. The van der Waals surface area contributed by atoms with Gasteiger partial charge in [-0.15, -0.1) is 11.6 Å². The highest BCUT2D eigenvalue weighted by Crippen LogP contribution is 2.11. The first-order valence-electron chi connectivity index (χ1n) is 3.68. The molecule has 0 aliphatic heterocycles. The van der Waals surface area contributed by atoms with Gasteiger partial charge >= 0.3 is 5.97 Å². The van der Waals surface area contributed by atoms with E-state index < -0.39 is 0 Å². The van der Waals surface area contributed by atoms with Gasteiger partial charge in [0.05, 0.1) is 0 Å². The van der Waals surface area contributed by atoms with E-state index in [-0.39, 0.29) is 11.7 Å². The monoisotopic (exact) mass is 193 g/mol. The first kappa shape index (κ1) is 11.3. The Morgan fingerprint density at radius 2 is 2.17 bits per heavy atom. The highest BCUT2D eigenvalue weighted by Gasteiger charge is 2.19. The van der Waals surface area contributed by atoms with Crippen LogP contribution in [-0.2, 0) is 4.74 Å². The molecule has 0 bridgehead atoms. The van der Waals surface area contributed by atoms with E-state index in [0.717, 1.165) is 0 Å². The maximum Gasteiger partial charge on any atom is 0.516 e. The lowest BCUT2D eigenvalue weighted by molar-refractivity contribution is 0.344. The summed E-state index contributed by atoms with van der Waals surface area (Å²) in [5.41, 5.74) is 0.415. The first-order valence-corrected chi connectivity index (χ1v) is 4.21. The van der Waals surface area contributed by atoms with Gasteiger partial charge < -0.3 is 14.6 Å². The minimum Gasteiger partial charge on any atom is -0.512 e. The summed E-state index contributed by atoms with van der Waals surface area (Å²) < 4.78 is 4.58. The number of allylic oxidation sites excluding steroid dienone is 1. The van der Waals surface area contributed by atoms with E-state index in [2.05, 4.69) is 4.74 Å². The molecule has 0 unspecified atom stereocenters. The molecule has 3 nitrogen and oxygen atoms in total. The van der Waals surface area contributed by atoms with Crippen molar-refractivity contribution < 1.29 is 14.6 Å². The molecule has 4 heteroatoms. The molecule has 0 saturated heterocycles. The smallest absolute Gasteiger partial charge is 0.512 e. The molecule has 2 N–H and O–H groups in total. The van der Waals surface area contributed by atoms with Crippen molar-refractivity contribution in [3.8, 4) is 0 Å². The van der Waals surface area contributed by atoms with Gasteiger partial charge in [-0.25, -0.2) is 0 Å². The second kappa shape index (κ2) is 5.89. The van der Waals surface area contributed by atoms with Crippen molar-refractivity contribution in [1.82, 2.24) is 0 Å². The predicted molar refractivity (Wildman–Crippen MR) is 49.2 cm³/mol. The van der Waals surface area contributed by atoms with Gasteiger partial charge in [0.25, 0.3) is 0 Å². The van der Waals surface area contributed by atoms with Crippen LogP contribution in [0.5, 0.6) is 0 Å². The molecule has 0 radical (unpaired) electrons. The van der Waals surface area contributed by atoms with Gasteiger partial charge in [-0.3, -0.25) is 0 Å². The van der Waals surface area contributed by atoms with E-state index in [1.54, 1.807) is 0 Å². The lowest BCUT2D eigenvalue weighted by Gasteiger charge is -1.99. The second-order valence-electron chi connectivity index (χ2n) is 2.37. The fourth-order valence-corrected chi connectivity index (χ4v) is 0.943. The van der Waals surface area contributed by atoms with Crippen molar-refractivity contribution in [3.05, 3.63) is 11.3 Å². The normalized spacial score (nSPS) is 12.2. The van der Waals surface area contributed by atoms with Crippen LogP contribution in [0.1, 0.15) is 19.8 Å². The number of halogens is 1. The van der Waals surface area contributed by atoms with Crippen LogP contribution in [0, 0.1) is 0 Å². The Labute approximate surface area is 77.0 Å². The number of aliphatic hydroxyl groups excluding tert-OH is 1. The Balaban J connectivity index is 4.26. The maximum absolute atomic E-state index is 9.15. The minimum atomic E-state index is -0.236. The summed E-state index contributed by atoms with van der Waals surface area (Å²) in [5.74, 6) is 0.327. The van der Waals surface area contributed by atoms with Gasteiger partial charge in [0.1, 0.15) is 11.3 Å². The minimum absolute atomic E-state index is 0.0690. The van der Waals surface area contributed by atoms with Crippen LogP contribution in [-0.4, -0.2) is 28.9 Å². The molecule has 0 fully saturated rings. The van der Waals surface area contributed by atoms with Crippen molar-refractivity contribution in [2.45, 2.75) is 19.8 Å². The van der Waals surface area contributed by atoms with E-state index >= 15 is 0 Å². The average molecular weight is 194 g/mol. The van der Waals surface area contributed by atoms with E-state index in [1.165, 1.54) is 14.0 Å². The van der Waals surface area contributed by atoms with Crippen molar-refractivity contribution in [2.75, 3.05) is 13.0 Å². The van der Waals surface area contributed by atoms with Gasteiger partial charge in [-0.05, 0) is 19.8 Å². The van der Waals surface area contributed by atoms with Crippen LogP contribution >= 0.6 is 11.6 Å². The molecule has 0 aliphatic carbocycles. The van der Waals surface area contributed by atoms with Crippen LogP contribution < -0.4 is 0 Å². The van der Waals surface area contributed by atoms with Crippen LogP contribution in [0.25, 0.3) is 0 Å². The van der Waals surface area contributed by atoms with Gasteiger partial charge in [-0.2, -0.15) is 0 Å². The third-order valence-electron chi connectivity index (χ3n) is 1.45. The third-order valence-corrected chi connectivity index (χ3v) is 1.72. The Hall–Kier alpha value is -0.700. The van der Waals surface area contributed by atoms with Gasteiger partial charge in [0.2, 0.25) is 0 Å². The van der Waals surface area contributed by atoms with Crippen LogP contribution in [0.3, 0.4) is 0 Å². The number of hydrogen-bond donors (Lipinski definition) is 1. The number of hydrogen-bond acceptors (Lipinski definition) is 2. The first-order chi connectivity index (χ1) is 5.63. The van der Waals surface area contributed by atoms with Crippen molar-refractivity contribution in [1.29, 1.82) is 0 Å². The van der Waals surface area contributed by atoms with Crippen molar-refractivity contribution in [3.63, 3.8) is 0 Å². The molecular formula is C8H14ClO3+. The van der Waals surface area contributed by atoms with Crippen LogP contribution in [0.2, 0.25) is 0 Å². The van der Waals surface area contributed by atoms with Gasteiger partial charge in [0.15, 0.2) is 7.11 Å². The third kappa shape index (κ3) is 3.62. The van der Waals surface area contributed by atoms with E-state index in [9.17, 15) is 0 Å². The van der Waals surface area contributed by atoms with Crippen LogP contribution in [0.4, 0.5) is 0 Å². The number of methoxy groups -OCH3 is 1. The average Bonchev–Trinajstić information content (AvgIpc) is 2.04. The lowest BCUT2D eigenvalue weighted by Crippen LogP contribution is -2.08. The summed E-state index contributed by atoms with van der Waals surface area (Å²) in [6.45, 7) is 1.50. The number of ether oxygens (including phenoxy) is 1. The summed E-state index contributed by atoms with van der Waals surface area (Å²) in [4.78, 5) is 9.15. The molecule has 0 aromatic heterocycles. The zero-order valence-electron chi connectivity index (χ0n) is 7.30. The molecular weight excluding hydrogens is 180 g/mol. The highest BCUT2D eigenvalue weighted by atomic mass is 35.5. The molecule has 0 atom stereocenters. The molecule has 0 aromatic rings. The molecule has 0 amide bonds. The van der Waals surface area contributed by atoms with E-state index in [4.69, 9.17) is 21.5 Å². The fraction of sp³-hybridized carbons (Fsp3) is 0.625. The Bertz CT molecular complexity index is 183. The molecule has 12 heavy (non-hydrogen) atoms. The highest BCUT2D eigenvalue weighted by molar-refractivity contribution is 6.17. The largest absolute Gasteiger partial charge is 0.516 e. The van der Waals surface area contributed by atoms with Crippen LogP contribution in [0.15, 0.2) is 11.3 Å². The van der Waals surface area contributed by atoms with E-state index in [1.807, 2.05) is 0 Å². The molecule has 70 valence electrons. The molecule has 0 spiro atoms. The quantitative estimate of drug-likeness (QED) is 0.244. The Morgan fingerprint density at radius 3 is 2.50 bits per heavy atom. The molecule has 0 aliphatic rings. The number of esters is 1. The fourth-order valence-electron chi connectivity index (χ4n) is 0.809. The SMILES string of the molecule is COC(=[OH+])/C(CCCCl)=C(\C)O. The molecule has 0 saturated carbocycles. The summed E-state index contributed by atoms with van der Waals surface area (Å²) in [6.07, 6.45) is 1.22. The number of aliphatic hydroxyl groups is 1. The zero-order chi connectivity index (χ0) is 9.56. The predicted octanol–water partition coefficient (Wildman–Crippen LogP) is 1.99. The standard InChI is InChI=1S/C8H13ClO3/c1-6(10)7(4-3-5-9)8(11)12-2/h10H,3-5H2,1-2H3/p+1/b7-6+. The number of alkyl halides is 1. The number of carbonyl (C=O) groups excluding carboxylic acids is 1. The van der Waals surface area contributed by atoms with Gasteiger partial charge in [0, 0.05) is 5.88 Å². The van der Waals surface area contributed by atoms with Crippen molar-refractivity contribution in [2.24, 2.45) is 0 Å². The van der Waals surface area contributed by atoms with E-state index in [0.29, 0.717) is 24.3 Å². The summed E-state index contributed by atoms with van der Waals surface area (Å²) in [6, 6.07) is 0. The summed E-state index contributed by atoms with van der Waals surface area (Å²) in [7, 11) is 1.35. The number of rotatable bonds is 4. The topological polar surface area (TPSA) is 50.9 Å². The molecule has 0 aromatic carbocycles. The molecule has 0 rings (SSSR count). The zero-order valence-corrected chi connectivity index (χ0v) is 8.06. The van der Waals surface area contributed by atoms with Gasteiger partial charge in [-0.1, -0.05) is 0 Å². The lowest BCUT2D eigenvalue weighted by atomic mass is 10.1. The maximum atomic E-state index is 9.15.